The van der Waals surface area contributed by atoms with E-state index >= 15 is 0 Å². The molecule has 2 aliphatic heterocycles. The second-order valence-corrected chi connectivity index (χ2v) is 4.83. The average molecular weight is 213 g/mol. The SMILES string of the molecule is CC1(C)O[C@@H]2[C@H](O)C[C@@H]3CON=C3[C@@H]2O1. The molecule has 2 heterocycles. The number of ether oxygens (including phenoxy) is 2. The summed E-state index contributed by atoms with van der Waals surface area (Å²) in [6.45, 7) is 4.26. The molecule has 0 amide bonds. The first-order valence-electron chi connectivity index (χ1n) is 5.30. The van der Waals surface area contributed by atoms with Gasteiger partial charge in [0, 0.05) is 5.92 Å². The highest BCUT2D eigenvalue weighted by Gasteiger charge is 2.53. The normalized spacial score (nSPS) is 46.7. The molecule has 84 valence electrons. The molecule has 0 spiro atoms. The van der Waals surface area contributed by atoms with Crippen molar-refractivity contribution in [2.45, 2.75) is 44.4 Å². The molecule has 15 heavy (non-hydrogen) atoms. The van der Waals surface area contributed by atoms with Crippen molar-refractivity contribution in [2.75, 3.05) is 6.61 Å². The Morgan fingerprint density at radius 3 is 3.00 bits per heavy atom. The number of rotatable bonds is 0. The van der Waals surface area contributed by atoms with E-state index in [1.165, 1.54) is 0 Å². The summed E-state index contributed by atoms with van der Waals surface area (Å²) >= 11 is 0. The van der Waals surface area contributed by atoms with Crippen molar-refractivity contribution in [3.63, 3.8) is 0 Å². The monoisotopic (exact) mass is 213 g/mol. The van der Waals surface area contributed by atoms with E-state index in [9.17, 15) is 5.11 Å². The van der Waals surface area contributed by atoms with Crippen LogP contribution in [0, 0.1) is 5.92 Å². The zero-order chi connectivity index (χ0) is 10.6. The molecule has 4 atom stereocenters. The first kappa shape index (κ1) is 9.57. The van der Waals surface area contributed by atoms with E-state index in [2.05, 4.69) is 5.16 Å². The van der Waals surface area contributed by atoms with Crippen molar-refractivity contribution in [3.8, 4) is 0 Å². The summed E-state index contributed by atoms with van der Waals surface area (Å²) in [5.74, 6) is -0.449. The van der Waals surface area contributed by atoms with Gasteiger partial charge in [0.1, 0.15) is 18.8 Å². The lowest BCUT2D eigenvalue weighted by Gasteiger charge is -2.30. The summed E-state index contributed by atoms with van der Waals surface area (Å²) in [5.41, 5.74) is 0.899. The quantitative estimate of drug-likeness (QED) is 0.627. The average Bonchev–Trinajstić information content (AvgIpc) is 2.67. The third kappa shape index (κ3) is 1.38. The van der Waals surface area contributed by atoms with Gasteiger partial charge in [-0.05, 0) is 20.3 Å². The van der Waals surface area contributed by atoms with Crippen molar-refractivity contribution in [2.24, 2.45) is 11.1 Å². The number of aliphatic hydroxyl groups is 1. The number of hydrogen-bond acceptors (Lipinski definition) is 5. The largest absolute Gasteiger partial charge is 0.395 e. The number of hydrogen-bond donors (Lipinski definition) is 1. The van der Waals surface area contributed by atoms with Crippen LogP contribution in [0.4, 0.5) is 0 Å². The van der Waals surface area contributed by atoms with Gasteiger partial charge in [-0.3, -0.25) is 0 Å². The molecule has 1 N–H and O–H groups in total. The molecule has 3 aliphatic rings. The van der Waals surface area contributed by atoms with Gasteiger partial charge in [0.2, 0.25) is 0 Å². The Labute approximate surface area is 88.0 Å². The predicted molar refractivity (Wildman–Crippen MR) is 51.3 cm³/mol. The lowest BCUT2D eigenvalue weighted by Crippen LogP contribution is -2.48. The van der Waals surface area contributed by atoms with Crippen LogP contribution in [0.15, 0.2) is 5.16 Å². The van der Waals surface area contributed by atoms with Crippen LogP contribution in [0.25, 0.3) is 0 Å². The third-order valence-corrected chi connectivity index (χ3v) is 3.19. The van der Waals surface area contributed by atoms with Crippen LogP contribution in [0.2, 0.25) is 0 Å². The number of oxime groups is 1. The number of fused-ring (bicyclic) bond motifs is 3. The van der Waals surface area contributed by atoms with Crippen LogP contribution in [0.5, 0.6) is 0 Å². The molecule has 5 heteroatoms. The second kappa shape index (κ2) is 2.93. The van der Waals surface area contributed by atoms with Crippen LogP contribution in [0.1, 0.15) is 20.3 Å². The summed E-state index contributed by atoms with van der Waals surface area (Å²) < 4.78 is 11.4. The zero-order valence-electron chi connectivity index (χ0n) is 8.84. The predicted octanol–water partition coefficient (Wildman–Crippen LogP) is 0.273. The highest BCUT2D eigenvalue weighted by Crippen LogP contribution is 2.39. The van der Waals surface area contributed by atoms with Crippen molar-refractivity contribution < 1.29 is 19.4 Å². The molecule has 3 rings (SSSR count). The van der Waals surface area contributed by atoms with E-state index in [0.717, 1.165) is 5.71 Å². The maximum Gasteiger partial charge on any atom is 0.164 e. The molecule has 1 saturated heterocycles. The fraction of sp³-hybridized carbons (Fsp3) is 0.900. The Kier molecular flexibility index (Phi) is 1.87. The maximum absolute atomic E-state index is 9.94. The highest BCUT2D eigenvalue weighted by molar-refractivity contribution is 5.93. The standard InChI is InChI=1S/C10H15NO4/c1-10(2)14-8-6(12)3-5-4-13-11-7(5)9(8)15-10/h5-6,8-9,12H,3-4H2,1-2H3/t5-,6-,8-,9+/m1/s1. The van der Waals surface area contributed by atoms with Crippen LogP contribution in [0.3, 0.4) is 0 Å². The summed E-state index contributed by atoms with van der Waals surface area (Å²) in [6.07, 6.45) is -0.366. The molecule has 1 aliphatic carbocycles. The van der Waals surface area contributed by atoms with E-state index in [-0.39, 0.29) is 18.1 Å². The molecule has 0 unspecified atom stereocenters. The van der Waals surface area contributed by atoms with Crippen LogP contribution >= 0.6 is 0 Å². The molecule has 2 fully saturated rings. The van der Waals surface area contributed by atoms with E-state index in [4.69, 9.17) is 14.3 Å². The van der Waals surface area contributed by atoms with Gasteiger partial charge in [0.05, 0.1) is 11.8 Å². The van der Waals surface area contributed by atoms with Crippen LogP contribution < -0.4 is 0 Å². The molecule has 0 aromatic rings. The van der Waals surface area contributed by atoms with Crippen LogP contribution in [-0.2, 0) is 14.3 Å². The van der Waals surface area contributed by atoms with Crippen molar-refractivity contribution >= 4 is 5.71 Å². The first-order chi connectivity index (χ1) is 7.07. The van der Waals surface area contributed by atoms with Gasteiger partial charge in [-0.2, -0.15) is 0 Å². The van der Waals surface area contributed by atoms with E-state index in [1.807, 2.05) is 13.8 Å². The van der Waals surface area contributed by atoms with Gasteiger partial charge >= 0.3 is 0 Å². The zero-order valence-corrected chi connectivity index (χ0v) is 8.84. The Bertz CT molecular complexity index is 315. The van der Waals surface area contributed by atoms with Crippen molar-refractivity contribution in [1.29, 1.82) is 0 Å². The first-order valence-corrected chi connectivity index (χ1v) is 5.30. The van der Waals surface area contributed by atoms with Crippen LogP contribution in [-0.4, -0.2) is 41.5 Å². The summed E-state index contributed by atoms with van der Waals surface area (Å²) in [4.78, 5) is 5.06. The Morgan fingerprint density at radius 2 is 2.20 bits per heavy atom. The maximum atomic E-state index is 9.94. The Balaban J connectivity index is 1.91. The van der Waals surface area contributed by atoms with Crippen molar-refractivity contribution in [1.82, 2.24) is 0 Å². The second-order valence-electron chi connectivity index (χ2n) is 4.83. The summed E-state index contributed by atoms with van der Waals surface area (Å²) in [6, 6.07) is 0. The fourth-order valence-electron chi connectivity index (χ4n) is 2.56. The highest BCUT2D eigenvalue weighted by atomic mass is 16.8. The van der Waals surface area contributed by atoms with Gasteiger partial charge in [0.25, 0.3) is 0 Å². The molecular weight excluding hydrogens is 198 g/mol. The van der Waals surface area contributed by atoms with E-state index in [0.29, 0.717) is 13.0 Å². The van der Waals surface area contributed by atoms with Gasteiger partial charge in [0.15, 0.2) is 5.79 Å². The third-order valence-electron chi connectivity index (χ3n) is 3.19. The fourth-order valence-corrected chi connectivity index (χ4v) is 2.56. The van der Waals surface area contributed by atoms with Gasteiger partial charge in [-0.1, -0.05) is 5.16 Å². The minimum absolute atomic E-state index is 0.193. The smallest absolute Gasteiger partial charge is 0.164 e. The molecule has 0 aromatic heterocycles. The summed E-state index contributed by atoms with van der Waals surface area (Å²) in [7, 11) is 0. The number of nitrogens with zero attached hydrogens (tertiary/aromatic N) is 1. The van der Waals surface area contributed by atoms with E-state index in [1.54, 1.807) is 0 Å². The minimum Gasteiger partial charge on any atom is -0.395 e. The number of aliphatic hydroxyl groups excluding tert-OH is 1. The van der Waals surface area contributed by atoms with Gasteiger partial charge in [-0.15, -0.1) is 0 Å². The van der Waals surface area contributed by atoms with Gasteiger partial charge in [-0.25, -0.2) is 0 Å². The van der Waals surface area contributed by atoms with E-state index < -0.39 is 11.9 Å². The van der Waals surface area contributed by atoms with Gasteiger partial charge < -0.3 is 19.4 Å². The Hall–Kier alpha value is -0.650. The molecule has 5 nitrogen and oxygen atoms in total. The topological polar surface area (TPSA) is 60.3 Å². The molecule has 0 bridgehead atoms. The summed E-state index contributed by atoms with van der Waals surface area (Å²) in [5, 5.41) is 13.9. The molecule has 0 radical (unpaired) electrons. The Morgan fingerprint density at radius 1 is 1.40 bits per heavy atom. The molecular formula is C10H15NO4. The lowest BCUT2D eigenvalue weighted by molar-refractivity contribution is -0.152. The molecule has 1 saturated carbocycles. The lowest BCUT2D eigenvalue weighted by atomic mass is 9.82. The van der Waals surface area contributed by atoms with Crippen molar-refractivity contribution in [3.05, 3.63) is 0 Å². The minimum atomic E-state index is -0.643. The molecule has 0 aromatic carbocycles.